The third kappa shape index (κ3) is 1.96. The minimum Gasteiger partial charge on any atom is -0.325 e. The highest BCUT2D eigenvalue weighted by Crippen LogP contribution is 2.20. The summed E-state index contributed by atoms with van der Waals surface area (Å²) < 4.78 is 3.08. The summed E-state index contributed by atoms with van der Waals surface area (Å²) in [6.07, 6.45) is 3.56. The predicted octanol–water partition coefficient (Wildman–Crippen LogP) is 2.40. The van der Waals surface area contributed by atoms with Gasteiger partial charge in [-0.2, -0.15) is 0 Å². The molecule has 0 bridgehead atoms. The Morgan fingerprint density at radius 1 is 1.47 bits per heavy atom. The largest absolute Gasteiger partial charge is 0.325 e. The molecule has 1 aromatic carbocycles. The molecule has 0 saturated heterocycles. The molecule has 2 N–H and O–H groups in total. The van der Waals surface area contributed by atoms with E-state index in [2.05, 4.69) is 46.0 Å². The summed E-state index contributed by atoms with van der Waals surface area (Å²) in [6, 6.07) is 6.19. The van der Waals surface area contributed by atoms with Gasteiger partial charge in [0.05, 0.1) is 12.0 Å². The average Bonchev–Trinajstić information content (AvgIpc) is 2.70. The first-order valence-corrected chi connectivity index (χ1v) is 5.49. The second-order valence-corrected chi connectivity index (χ2v) is 4.25. The van der Waals surface area contributed by atoms with Crippen molar-refractivity contribution in [2.75, 3.05) is 0 Å². The Morgan fingerprint density at radius 3 is 2.93 bits per heavy atom. The van der Waals surface area contributed by atoms with Crippen LogP contribution in [0.3, 0.4) is 0 Å². The van der Waals surface area contributed by atoms with Crippen molar-refractivity contribution in [3.8, 4) is 5.69 Å². The molecule has 1 heterocycles. The number of hydrogen-bond donors (Lipinski definition) is 1. The molecule has 3 nitrogen and oxygen atoms in total. The van der Waals surface area contributed by atoms with E-state index in [0.717, 1.165) is 15.9 Å². The van der Waals surface area contributed by atoms with Crippen LogP contribution < -0.4 is 5.73 Å². The molecule has 0 aliphatic carbocycles. The summed E-state index contributed by atoms with van der Waals surface area (Å²) in [5, 5.41) is 0. The molecule has 0 saturated carbocycles. The number of aromatic nitrogens is 2. The fourth-order valence-electron chi connectivity index (χ4n) is 1.44. The van der Waals surface area contributed by atoms with Gasteiger partial charge in [-0.25, -0.2) is 4.98 Å². The van der Waals surface area contributed by atoms with Crippen molar-refractivity contribution in [1.29, 1.82) is 0 Å². The highest BCUT2D eigenvalue weighted by atomic mass is 79.9. The third-order valence-electron chi connectivity index (χ3n) is 2.36. The van der Waals surface area contributed by atoms with Crippen LogP contribution in [0.25, 0.3) is 5.69 Å². The first-order chi connectivity index (χ1) is 7.22. The molecule has 0 atom stereocenters. The summed E-state index contributed by atoms with van der Waals surface area (Å²) in [4.78, 5) is 4.09. The van der Waals surface area contributed by atoms with Gasteiger partial charge in [-0.15, -0.1) is 0 Å². The fraction of sp³-hybridized carbons (Fsp3) is 0.182. The van der Waals surface area contributed by atoms with E-state index in [1.54, 1.807) is 12.5 Å². The predicted molar refractivity (Wildman–Crippen MR) is 63.9 cm³/mol. The Balaban J connectivity index is 2.50. The highest BCUT2D eigenvalue weighted by Gasteiger charge is 2.03. The number of halogens is 1. The van der Waals surface area contributed by atoms with Crippen LogP contribution in [0.1, 0.15) is 11.3 Å². The molecule has 0 spiro atoms. The van der Waals surface area contributed by atoms with Gasteiger partial charge in [0.2, 0.25) is 0 Å². The van der Waals surface area contributed by atoms with Gasteiger partial charge >= 0.3 is 0 Å². The van der Waals surface area contributed by atoms with Gasteiger partial charge in [0, 0.05) is 22.9 Å². The van der Waals surface area contributed by atoms with E-state index in [0.29, 0.717) is 6.54 Å². The Labute approximate surface area is 97.1 Å². The molecule has 1 aromatic heterocycles. The van der Waals surface area contributed by atoms with Crippen LogP contribution in [0.15, 0.2) is 35.2 Å². The van der Waals surface area contributed by atoms with Crippen molar-refractivity contribution in [2.45, 2.75) is 13.5 Å². The SMILES string of the molecule is Cc1ccc(-n2cncc2CN)cc1Br. The van der Waals surface area contributed by atoms with E-state index >= 15 is 0 Å². The molecule has 4 heteroatoms. The Bertz CT molecular complexity index is 476. The van der Waals surface area contributed by atoms with Crippen molar-refractivity contribution < 1.29 is 0 Å². The van der Waals surface area contributed by atoms with Crippen LogP contribution in [0.2, 0.25) is 0 Å². The van der Waals surface area contributed by atoms with Crippen molar-refractivity contribution in [3.63, 3.8) is 0 Å². The Hall–Kier alpha value is -1.13. The summed E-state index contributed by atoms with van der Waals surface area (Å²) in [5.41, 5.74) is 8.92. The van der Waals surface area contributed by atoms with Crippen LogP contribution in [0.4, 0.5) is 0 Å². The highest BCUT2D eigenvalue weighted by molar-refractivity contribution is 9.10. The molecule has 0 unspecified atom stereocenters. The molecular weight excluding hydrogens is 254 g/mol. The second-order valence-electron chi connectivity index (χ2n) is 3.39. The monoisotopic (exact) mass is 265 g/mol. The second kappa shape index (κ2) is 4.16. The number of nitrogens with two attached hydrogens (primary N) is 1. The standard InChI is InChI=1S/C11H12BrN3/c1-8-2-3-9(4-11(8)12)15-7-14-6-10(15)5-13/h2-4,6-7H,5,13H2,1H3. The van der Waals surface area contributed by atoms with Gasteiger partial charge in [-0.05, 0) is 24.6 Å². The van der Waals surface area contributed by atoms with Gasteiger partial charge in [0.1, 0.15) is 0 Å². The summed E-state index contributed by atoms with van der Waals surface area (Å²) >= 11 is 3.51. The molecule has 0 aliphatic rings. The normalized spacial score (nSPS) is 10.6. The maximum Gasteiger partial charge on any atom is 0.0994 e. The van der Waals surface area contributed by atoms with Crippen LogP contribution in [-0.2, 0) is 6.54 Å². The maximum absolute atomic E-state index is 5.63. The van der Waals surface area contributed by atoms with E-state index < -0.39 is 0 Å². The third-order valence-corrected chi connectivity index (χ3v) is 3.21. The van der Waals surface area contributed by atoms with Crippen molar-refractivity contribution in [1.82, 2.24) is 9.55 Å². The number of rotatable bonds is 2. The smallest absolute Gasteiger partial charge is 0.0994 e. The first-order valence-electron chi connectivity index (χ1n) is 4.70. The number of aryl methyl sites for hydroxylation is 1. The van der Waals surface area contributed by atoms with Crippen LogP contribution >= 0.6 is 15.9 Å². The molecule has 2 rings (SSSR count). The zero-order valence-corrected chi connectivity index (χ0v) is 10.0. The number of benzene rings is 1. The van der Waals surface area contributed by atoms with Crippen LogP contribution in [-0.4, -0.2) is 9.55 Å². The molecule has 0 aliphatic heterocycles. The lowest BCUT2D eigenvalue weighted by atomic mass is 10.2. The summed E-state index contributed by atoms with van der Waals surface area (Å²) in [7, 11) is 0. The van der Waals surface area contributed by atoms with E-state index in [-0.39, 0.29) is 0 Å². The zero-order chi connectivity index (χ0) is 10.8. The number of imidazole rings is 1. The zero-order valence-electron chi connectivity index (χ0n) is 8.44. The molecule has 0 amide bonds. The minimum atomic E-state index is 0.492. The van der Waals surface area contributed by atoms with Crippen molar-refractivity contribution in [3.05, 3.63) is 46.5 Å². The van der Waals surface area contributed by atoms with Gasteiger partial charge < -0.3 is 10.3 Å². The van der Waals surface area contributed by atoms with E-state index in [1.165, 1.54) is 5.56 Å². The maximum atomic E-state index is 5.63. The lowest BCUT2D eigenvalue weighted by molar-refractivity contribution is 0.909. The molecule has 0 fully saturated rings. The van der Waals surface area contributed by atoms with E-state index in [4.69, 9.17) is 5.73 Å². The molecular formula is C11H12BrN3. The molecule has 0 radical (unpaired) electrons. The van der Waals surface area contributed by atoms with E-state index in [9.17, 15) is 0 Å². The minimum absolute atomic E-state index is 0.492. The van der Waals surface area contributed by atoms with Gasteiger partial charge in [0.15, 0.2) is 0 Å². The molecule has 2 aromatic rings. The number of nitrogens with zero attached hydrogens (tertiary/aromatic N) is 2. The van der Waals surface area contributed by atoms with E-state index in [1.807, 2.05) is 4.57 Å². The average molecular weight is 266 g/mol. The molecule has 15 heavy (non-hydrogen) atoms. The summed E-state index contributed by atoms with van der Waals surface area (Å²) in [5.74, 6) is 0. The lowest BCUT2D eigenvalue weighted by Gasteiger charge is -2.08. The number of hydrogen-bond acceptors (Lipinski definition) is 2. The Morgan fingerprint density at radius 2 is 2.27 bits per heavy atom. The van der Waals surface area contributed by atoms with Crippen molar-refractivity contribution in [2.24, 2.45) is 5.73 Å². The molecule has 78 valence electrons. The van der Waals surface area contributed by atoms with Crippen LogP contribution in [0.5, 0.6) is 0 Å². The van der Waals surface area contributed by atoms with Crippen LogP contribution in [0, 0.1) is 6.92 Å². The fourth-order valence-corrected chi connectivity index (χ4v) is 1.80. The van der Waals surface area contributed by atoms with Gasteiger partial charge in [-0.1, -0.05) is 22.0 Å². The topological polar surface area (TPSA) is 43.8 Å². The van der Waals surface area contributed by atoms with Crippen molar-refractivity contribution >= 4 is 15.9 Å². The first kappa shape index (κ1) is 10.4. The summed E-state index contributed by atoms with van der Waals surface area (Å²) in [6.45, 7) is 2.55. The van der Waals surface area contributed by atoms with Gasteiger partial charge in [-0.3, -0.25) is 0 Å². The van der Waals surface area contributed by atoms with Gasteiger partial charge in [0.25, 0.3) is 0 Å². The Kier molecular flexibility index (Phi) is 2.88. The quantitative estimate of drug-likeness (QED) is 0.907. The lowest BCUT2D eigenvalue weighted by Crippen LogP contribution is -2.04.